The second kappa shape index (κ2) is 6.53. The molecule has 0 radical (unpaired) electrons. The van der Waals surface area contributed by atoms with Gasteiger partial charge in [0, 0.05) is 17.2 Å². The lowest BCUT2D eigenvalue weighted by molar-refractivity contribution is 0.414. The number of hydrogen-bond acceptors (Lipinski definition) is 2. The lowest BCUT2D eigenvalue weighted by Gasteiger charge is -2.14. The smallest absolute Gasteiger partial charge is 0.144 e. The van der Waals surface area contributed by atoms with Gasteiger partial charge >= 0.3 is 0 Å². The van der Waals surface area contributed by atoms with Gasteiger partial charge in [0.2, 0.25) is 0 Å². The summed E-state index contributed by atoms with van der Waals surface area (Å²) in [6.45, 7) is 7.57. The minimum Gasteiger partial charge on any atom is -0.497 e. The van der Waals surface area contributed by atoms with Gasteiger partial charge in [0.05, 0.1) is 11.9 Å². The third-order valence-electron chi connectivity index (χ3n) is 2.47. The number of rotatable bonds is 4. The van der Waals surface area contributed by atoms with Gasteiger partial charge in [-0.15, -0.1) is 0 Å². The van der Waals surface area contributed by atoms with Crippen LogP contribution in [0.4, 0.5) is 0 Å². The molecule has 0 amide bonds. The van der Waals surface area contributed by atoms with Crippen LogP contribution in [0.5, 0.6) is 5.75 Å². The van der Waals surface area contributed by atoms with Gasteiger partial charge in [0.15, 0.2) is 0 Å². The summed E-state index contributed by atoms with van der Waals surface area (Å²) >= 11 is 6.17. The highest BCUT2D eigenvalue weighted by Crippen LogP contribution is 2.23. The Balaban J connectivity index is 2.85. The fraction of sp³-hybridized carbons (Fsp3) is 0.500. The molecule has 0 aromatic heterocycles. The molecule has 1 aromatic rings. The van der Waals surface area contributed by atoms with Gasteiger partial charge in [-0.05, 0) is 45.4 Å². The van der Waals surface area contributed by atoms with E-state index in [0.29, 0.717) is 11.4 Å². The van der Waals surface area contributed by atoms with Crippen LogP contribution >= 0.6 is 11.6 Å². The predicted octanol–water partition coefficient (Wildman–Crippen LogP) is 3.81. The Labute approximate surface area is 122 Å². The number of nitrogens with zero attached hydrogens (tertiary/aromatic N) is 1. The summed E-state index contributed by atoms with van der Waals surface area (Å²) in [5.41, 5.74) is 1.76. The monoisotopic (exact) mass is 301 g/mol. The Morgan fingerprint density at radius 3 is 2.53 bits per heavy atom. The van der Waals surface area contributed by atoms with Gasteiger partial charge in [-0.2, -0.15) is 4.40 Å². The van der Waals surface area contributed by atoms with Gasteiger partial charge in [-0.3, -0.25) is 0 Å². The van der Waals surface area contributed by atoms with Crippen LogP contribution in [-0.2, 0) is 17.4 Å². The largest absolute Gasteiger partial charge is 0.497 e. The lowest BCUT2D eigenvalue weighted by Crippen LogP contribution is -2.20. The average molecular weight is 302 g/mol. The van der Waals surface area contributed by atoms with Crippen molar-refractivity contribution >= 4 is 28.3 Å². The van der Waals surface area contributed by atoms with E-state index >= 15 is 0 Å². The quantitative estimate of drug-likeness (QED) is 0.793. The van der Waals surface area contributed by atoms with Crippen LogP contribution in [0, 0.1) is 0 Å². The van der Waals surface area contributed by atoms with E-state index in [-0.39, 0.29) is 4.75 Å². The molecule has 0 aliphatic rings. The minimum absolute atomic E-state index is 0.342. The van der Waals surface area contributed by atoms with Crippen molar-refractivity contribution in [3.05, 3.63) is 28.8 Å². The van der Waals surface area contributed by atoms with Crippen LogP contribution in [0.2, 0.25) is 5.02 Å². The first kappa shape index (κ1) is 16.2. The Kier molecular flexibility index (Phi) is 5.56. The van der Waals surface area contributed by atoms with E-state index < -0.39 is 11.0 Å². The summed E-state index contributed by atoms with van der Waals surface area (Å²) in [6.07, 6.45) is 0.588. The maximum absolute atomic E-state index is 11.9. The van der Waals surface area contributed by atoms with Crippen molar-refractivity contribution in [1.29, 1.82) is 0 Å². The molecule has 0 bridgehead atoms. The van der Waals surface area contributed by atoms with Crippen molar-refractivity contribution in [2.24, 2.45) is 4.40 Å². The minimum atomic E-state index is -1.23. The van der Waals surface area contributed by atoms with Crippen LogP contribution in [0.15, 0.2) is 22.6 Å². The molecule has 106 valence electrons. The van der Waals surface area contributed by atoms with Crippen LogP contribution in [0.3, 0.4) is 0 Å². The number of ether oxygens (including phenoxy) is 1. The molecule has 0 unspecified atom stereocenters. The van der Waals surface area contributed by atoms with Gasteiger partial charge in [0.1, 0.15) is 16.7 Å². The third kappa shape index (κ3) is 4.96. The van der Waals surface area contributed by atoms with Crippen LogP contribution < -0.4 is 4.74 Å². The van der Waals surface area contributed by atoms with Gasteiger partial charge in [-0.1, -0.05) is 17.7 Å². The molecule has 5 heteroatoms. The molecule has 1 atom stereocenters. The first-order chi connectivity index (χ1) is 8.74. The van der Waals surface area contributed by atoms with Crippen molar-refractivity contribution in [2.45, 2.75) is 38.9 Å². The maximum Gasteiger partial charge on any atom is 0.144 e. The van der Waals surface area contributed by atoms with E-state index in [2.05, 4.69) is 4.40 Å². The second-order valence-electron chi connectivity index (χ2n) is 5.32. The summed E-state index contributed by atoms with van der Waals surface area (Å²) in [5, 5.41) is 0.635. The standard InChI is InChI=1S/C14H20ClNO2S/c1-10(16-19(17)14(2,3)4)8-11-6-7-12(18-5)9-13(11)15/h6-7,9H,8H2,1-5H3/b16-10-/t19-/m1/s1. The van der Waals surface area contributed by atoms with Crippen LogP contribution in [-0.4, -0.2) is 21.8 Å². The molecule has 1 aromatic carbocycles. The lowest BCUT2D eigenvalue weighted by atomic mass is 10.1. The Hall–Kier alpha value is -0.870. The number of hydrogen-bond donors (Lipinski definition) is 0. The molecule has 1 rings (SSSR count). The summed E-state index contributed by atoms with van der Waals surface area (Å²) in [5.74, 6) is 0.724. The van der Waals surface area contributed by atoms with Crippen molar-refractivity contribution in [3.8, 4) is 5.75 Å². The van der Waals surface area contributed by atoms with E-state index in [1.165, 1.54) is 0 Å². The van der Waals surface area contributed by atoms with Crippen molar-refractivity contribution in [3.63, 3.8) is 0 Å². The van der Waals surface area contributed by atoms with Crippen molar-refractivity contribution < 1.29 is 8.95 Å². The molecule has 19 heavy (non-hydrogen) atoms. The Bertz CT molecular complexity index is 507. The maximum atomic E-state index is 11.9. The topological polar surface area (TPSA) is 38.7 Å². The summed E-state index contributed by atoms with van der Waals surface area (Å²) in [7, 11) is 0.368. The molecule has 0 saturated heterocycles. The molecule has 0 fully saturated rings. The fourth-order valence-corrected chi connectivity index (χ4v) is 2.24. The highest BCUT2D eigenvalue weighted by molar-refractivity contribution is 7.85. The van der Waals surface area contributed by atoms with E-state index in [9.17, 15) is 4.21 Å². The Morgan fingerprint density at radius 2 is 2.05 bits per heavy atom. The zero-order valence-corrected chi connectivity index (χ0v) is 13.6. The molecule has 3 nitrogen and oxygen atoms in total. The first-order valence-corrected chi connectivity index (χ1v) is 7.51. The molecule has 0 spiro atoms. The highest BCUT2D eigenvalue weighted by Gasteiger charge is 2.19. The molecule has 0 aliphatic heterocycles. The number of methoxy groups -OCH3 is 1. The summed E-state index contributed by atoms with van der Waals surface area (Å²) in [6, 6.07) is 5.53. The number of benzene rings is 1. The summed E-state index contributed by atoms with van der Waals surface area (Å²) in [4.78, 5) is 0. The zero-order chi connectivity index (χ0) is 14.6. The normalized spacial score (nSPS) is 14.3. The zero-order valence-electron chi connectivity index (χ0n) is 12.0. The molecular formula is C14H20ClNO2S. The Morgan fingerprint density at radius 1 is 1.42 bits per heavy atom. The second-order valence-corrected chi connectivity index (χ2v) is 7.64. The van der Waals surface area contributed by atoms with E-state index in [4.69, 9.17) is 16.3 Å². The fourth-order valence-electron chi connectivity index (χ4n) is 1.38. The van der Waals surface area contributed by atoms with Crippen molar-refractivity contribution in [2.75, 3.05) is 7.11 Å². The number of halogens is 1. The molecule has 0 heterocycles. The van der Waals surface area contributed by atoms with Gasteiger partial charge < -0.3 is 4.74 Å². The first-order valence-electron chi connectivity index (χ1n) is 6.02. The summed E-state index contributed by atoms with van der Waals surface area (Å²) < 4.78 is 20.9. The SMILES string of the molecule is COc1ccc(C/C(C)=N\[S@](=O)C(C)(C)C)c(Cl)c1. The van der Waals surface area contributed by atoms with E-state index in [0.717, 1.165) is 17.0 Å². The third-order valence-corrected chi connectivity index (χ3v) is 4.35. The molecule has 0 saturated carbocycles. The average Bonchev–Trinajstić information content (AvgIpc) is 2.30. The van der Waals surface area contributed by atoms with Crippen LogP contribution in [0.25, 0.3) is 0 Å². The highest BCUT2D eigenvalue weighted by atomic mass is 35.5. The van der Waals surface area contributed by atoms with Crippen LogP contribution in [0.1, 0.15) is 33.3 Å². The molecule has 0 N–H and O–H groups in total. The van der Waals surface area contributed by atoms with Gasteiger partial charge in [-0.25, -0.2) is 4.21 Å². The molecular weight excluding hydrogens is 282 g/mol. The van der Waals surface area contributed by atoms with E-state index in [1.807, 2.05) is 39.8 Å². The van der Waals surface area contributed by atoms with Crippen molar-refractivity contribution in [1.82, 2.24) is 0 Å². The molecule has 0 aliphatic carbocycles. The van der Waals surface area contributed by atoms with Gasteiger partial charge in [0.25, 0.3) is 0 Å². The van der Waals surface area contributed by atoms with E-state index in [1.54, 1.807) is 13.2 Å². The predicted molar refractivity (Wildman–Crippen MR) is 82.7 cm³/mol.